The van der Waals surface area contributed by atoms with Gasteiger partial charge < -0.3 is 20.7 Å². The van der Waals surface area contributed by atoms with Crippen LogP contribution in [0.3, 0.4) is 0 Å². The maximum atomic E-state index is 15.7. The van der Waals surface area contributed by atoms with Crippen molar-refractivity contribution in [2.24, 2.45) is 5.73 Å². The Balaban J connectivity index is 1.50. The summed E-state index contributed by atoms with van der Waals surface area (Å²) in [4.78, 5) is 31.9. The fourth-order valence-corrected chi connectivity index (χ4v) is 4.96. The first-order valence-electron chi connectivity index (χ1n) is 12.8. The third-order valence-electron chi connectivity index (χ3n) is 7.04. The molecule has 0 saturated heterocycles. The standard InChI is InChI=1S/C28H32FN5O3/c1-2-31-15-17-37-23-9-4-3-8-22(23)28(12-13-28)34(21-10-11-21)26-27(36)33(16-14-32-26)24(29)19-6-5-7-20(18-19)25(30)35/h3-9,14,16,18,21,24,31H,2,10-13,15,17H2,1H3,(H2,30,35). The Morgan fingerprint density at radius 3 is 2.76 bits per heavy atom. The molecule has 1 amide bonds. The van der Waals surface area contributed by atoms with Gasteiger partial charge in [-0.05, 0) is 50.4 Å². The van der Waals surface area contributed by atoms with Crippen LogP contribution in [0.1, 0.15) is 60.4 Å². The molecule has 9 heteroatoms. The Kier molecular flexibility index (Phi) is 6.97. The molecule has 2 aliphatic carbocycles. The number of alkyl halides is 1. The van der Waals surface area contributed by atoms with Gasteiger partial charge in [-0.3, -0.25) is 14.2 Å². The zero-order valence-corrected chi connectivity index (χ0v) is 20.9. The number of para-hydroxylation sites is 1. The summed E-state index contributed by atoms with van der Waals surface area (Å²) in [5.41, 5.74) is 5.82. The zero-order valence-electron chi connectivity index (χ0n) is 20.9. The number of nitrogens with one attached hydrogen (secondary N) is 1. The molecule has 194 valence electrons. The Bertz CT molecular complexity index is 1340. The van der Waals surface area contributed by atoms with E-state index in [-0.39, 0.29) is 23.0 Å². The van der Waals surface area contributed by atoms with E-state index in [4.69, 9.17) is 10.5 Å². The van der Waals surface area contributed by atoms with Crippen molar-refractivity contribution in [3.63, 3.8) is 0 Å². The molecule has 2 saturated carbocycles. The number of nitrogens with zero attached hydrogens (tertiary/aromatic N) is 3. The molecule has 0 radical (unpaired) electrons. The van der Waals surface area contributed by atoms with Crippen LogP contribution in [-0.2, 0) is 5.54 Å². The van der Waals surface area contributed by atoms with Gasteiger partial charge in [-0.1, -0.05) is 37.3 Å². The number of rotatable bonds is 12. The zero-order chi connectivity index (χ0) is 26.0. The van der Waals surface area contributed by atoms with E-state index in [0.29, 0.717) is 6.61 Å². The van der Waals surface area contributed by atoms with Crippen molar-refractivity contribution in [2.45, 2.75) is 50.5 Å². The first-order chi connectivity index (χ1) is 18.0. The molecule has 1 atom stereocenters. The SMILES string of the molecule is CCNCCOc1ccccc1C1(N(c2nccn(C(F)c3cccc(C(N)=O)c3)c2=O)C2CC2)CC1. The molecule has 2 aliphatic rings. The van der Waals surface area contributed by atoms with E-state index in [1.807, 2.05) is 18.2 Å². The normalized spacial score (nSPS) is 16.7. The molecule has 0 aliphatic heterocycles. The summed E-state index contributed by atoms with van der Waals surface area (Å²) in [7, 11) is 0. The number of ether oxygens (including phenoxy) is 1. The Hall–Kier alpha value is -3.72. The van der Waals surface area contributed by atoms with Gasteiger partial charge in [-0.2, -0.15) is 0 Å². The van der Waals surface area contributed by atoms with Gasteiger partial charge in [-0.25, -0.2) is 9.37 Å². The molecule has 1 unspecified atom stereocenters. The third-order valence-corrected chi connectivity index (χ3v) is 7.04. The number of halogens is 1. The van der Waals surface area contributed by atoms with Gasteiger partial charge in [0.05, 0.1) is 5.54 Å². The molecular weight excluding hydrogens is 473 g/mol. The second-order valence-electron chi connectivity index (χ2n) is 9.62. The fourth-order valence-electron chi connectivity index (χ4n) is 4.96. The second-order valence-corrected chi connectivity index (χ2v) is 9.62. The molecule has 3 aromatic rings. The molecule has 37 heavy (non-hydrogen) atoms. The van der Waals surface area contributed by atoms with Crippen LogP contribution in [0, 0.1) is 0 Å². The predicted molar refractivity (Wildman–Crippen MR) is 140 cm³/mol. The lowest BCUT2D eigenvalue weighted by Crippen LogP contribution is -2.43. The van der Waals surface area contributed by atoms with Crippen molar-refractivity contribution in [3.8, 4) is 5.75 Å². The number of aromatic nitrogens is 2. The van der Waals surface area contributed by atoms with Crippen LogP contribution < -0.4 is 26.2 Å². The van der Waals surface area contributed by atoms with E-state index in [2.05, 4.69) is 28.2 Å². The first kappa shape index (κ1) is 25.0. The van der Waals surface area contributed by atoms with Crippen LogP contribution in [0.5, 0.6) is 5.75 Å². The monoisotopic (exact) mass is 505 g/mol. The van der Waals surface area contributed by atoms with Crippen molar-refractivity contribution < 1.29 is 13.9 Å². The summed E-state index contributed by atoms with van der Waals surface area (Å²) in [6.07, 6.45) is 4.62. The largest absolute Gasteiger partial charge is 0.492 e. The molecule has 1 aromatic heterocycles. The lowest BCUT2D eigenvalue weighted by molar-refractivity contribution is 0.1000. The smallest absolute Gasteiger partial charge is 0.296 e. The van der Waals surface area contributed by atoms with Gasteiger partial charge in [0.1, 0.15) is 12.4 Å². The second kappa shape index (κ2) is 10.3. The highest BCUT2D eigenvalue weighted by molar-refractivity contribution is 5.92. The Labute approximate surface area is 215 Å². The number of nitrogens with two attached hydrogens (primary N) is 1. The summed E-state index contributed by atoms with van der Waals surface area (Å²) in [6, 6.07) is 14.1. The van der Waals surface area contributed by atoms with Crippen LogP contribution >= 0.6 is 0 Å². The number of anilines is 1. The van der Waals surface area contributed by atoms with Crippen molar-refractivity contribution >= 4 is 11.7 Å². The number of primary amides is 1. The average molecular weight is 506 g/mol. The topological polar surface area (TPSA) is 102 Å². The summed E-state index contributed by atoms with van der Waals surface area (Å²) < 4.78 is 22.8. The number of amides is 1. The highest BCUT2D eigenvalue weighted by Crippen LogP contribution is 2.57. The molecule has 2 aromatic carbocycles. The lowest BCUT2D eigenvalue weighted by atomic mass is 10.0. The third kappa shape index (κ3) is 4.96. The molecule has 8 nitrogen and oxygen atoms in total. The van der Waals surface area contributed by atoms with Gasteiger partial charge >= 0.3 is 0 Å². The average Bonchev–Trinajstić information content (AvgIpc) is 3.85. The van der Waals surface area contributed by atoms with Crippen molar-refractivity contribution in [1.29, 1.82) is 0 Å². The summed E-state index contributed by atoms with van der Waals surface area (Å²) in [6.45, 7) is 4.20. The molecule has 2 fully saturated rings. The van der Waals surface area contributed by atoms with E-state index in [9.17, 15) is 9.59 Å². The van der Waals surface area contributed by atoms with Crippen LogP contribution in [0.25, 0.3) is 0 Å². The van der Waals surface area contributed by atoms with E-state index in [0.717, 1.165) is 54.7 Å². The maximum Gasteiger partial charge on any atom is 0.296 e. The molecular formula is C28H32FN5O3. The van der Waals surface area contributed by atoms with Gasteiger partial charge in [0, 0.05) is 41.7 Å². The van der Waals surface area contributed by atoms with Crippen molar-refractivity contribution in [3.05, 3.63) is 88.0 Å². The van der Waals surface area contributed by atoms with Gasteiger partial charge in [0.25, 0.3) is 5.56 Å². The Morgan fingerprint density at radius 1 is 1.27 bits per heavy atom. The maximum absolute atomic E-state index is 15.7. The van der Waals surface area contributed by atoms with Crippen LogP contribution in [0.15, 0.2) is 65.7 Å². The van der Waals surface area contributed by atoms with Gasteiger partial charge in [0.15, 0.2) is 5.82 Å². The molecule has 1 heterocycles. The number of likely N-dealkylation sites (N-methyl/N-ethyl adjacent to an activating group) is 1. The van der Waals surface area contributed by atoms with E-state index in [1.165, 1.54) is 30.6 Å². The number of benzene rings is 2. The minimum atomic E-state index is -1.79. The molecule has 0 spiro atoms. The summed E-state index contributed by atoms with van der Waals surface area (Å²) >= 11 is 0. The minimum Gasteiger partial charge on any atom is -0.492 e. The lowest BCUT2D eigenvalue weighted by Gasteiger charge is -2.34. The number of carbonyl (C=O) groups excluding carboxylic acids is 1. The number of carbonyl (C=O) groups is 1. The van der Waals surface area contributed by atoms with Gasteiger partial charge in [0.2, 0.25) is 12.2 Å². The van der Waals surface area contributed by atoms with Crippen LogP contribution in [-0.4, -0.2) is 41.2 Å². The minimum absolute atomic E-state index is 0.157. The molecule has 5 rings (SSSR count). The summed E-state index contributed by atoms with van der Waals surface area (Å²) in [5, 5.41) is 3.27. The molecule has 0 bridgehead atoms. The number of hydrogen-bond donors (Lipinski definition) is 2. The van der Waals surface area contributed by atoms with Gasteiger partial charge in [-0.15, -0.1) is 0 Å². The Morgan fingerprint density at radius 2 is 2.05 bits per heavy atom. The van der Waals surface area contributed by atoms with Crippen molar-refractivity contribution in [1.82, 2.24) is 14.9 Å². The first-order valence-corrected chi connectivity index (χ1v) is 12.8. The highest BCUT2D eigenvalue weighted by atomic mass is 19.1. The van der Waals surface area contributed by atoms with Crippen LogP contribution in [0.2, 0.25) is 0 Å². The van der Waals surface area contributed by atoms with E-state index < -0.39 is 23.3 Å². The highest BCUT2D eigenvalue weighted by Gasteiger charge is 2.56. The van der Waals surface area contributed by atoms with E-state index >= 15 is 4.39 Å². The quantitative estimate of drug-likeness (QED) is 0.365. The fraction of sp³-hybridized carbons (Fsp3) is 0.393. The van der Waals surface area contributed by atoms with Crippen LogP contribution in [0.4, 0.5) is 10.2 Å². The van der Waals surface area contributed by atoms with Crippen molar-refractivity contribution in [2.75, 3.05) is 24.6 Å². The van der Waals surface area contributed by atoms with E-state index in [1.54, 1.807) is 6.07 Å². The predicted octanol–water partition coefficient (Wildman–Crippen LogP) is 3.51. The number of hydrogen-bond acceptors (Lipinski definition) is 6. The summed E-state index contributed by atoms with van der Waals surface area (Å²) in [5.74, 6) is 0.379. The molecule has 3 N–H and O–H groups in total.